The Bertz CT molecular complexity index is 659. The Balaban J connectivity index is 2.15. The Morgan fingerprint density at radius 2 is 2.00 bits per heavy atom. The van der Waals surface area contributed by atoms with E-state index in [1.54, 1.807) is 42.5 Å². The number of nitrogens with zero attached hydrogens (tertiary/aromatic N) is 1. The average molecular weight is 267 g/mol. The molecule has 4 nitrogen and oxygen atoms in total. The van der Waals surface area contributed by atoms with Crippen molar-refractivity contribution in [2.24, 2.45) is 0 Å². The van der Waals surface area contributed by atoms with Crippen LogP contribution in [0.3, 0.4) is 0 Å². The van der Waals surface area contributed by atoms with Gasteiger partial charge in [-0.05, 0) is 24.3 Å². The van der Waals surface area contributed by atoms with Gasteiger partial charge < -0.3 is 9.47 Å². The van der Waals surface area contributed by atoms with Gasteiger partial charge in [0.15, 0.2) is 0 Å². The Labute approximate surface area is 117 Å². The fraction of sp³-hybridized carbons (Fsp3) is 0.125. The van der Waals surface area contributed by atoms with Crippen molar-refractivity contribution in [3.63, 3.8) is 0 Å². The average Bonchev–Trinajstić information content (AvgIpc) is 2.52. The van der Waals surface area contributed by atoms with Crippen molar-refractivity contribution in [1.82, 2.24) is 0 Å². The lowest BCUT2D eigenvalue weighted by Crippen LogP contribution is -2.07. The summed E-state index contributed by atoms with van der Waals surface area (Å²) in [5.74, 6) is 0.193. The molecule has 2 rings (SSSR count). The number of carbonyl (C=O) groups is 1. The van der Waals surface area contributed by atoms with E-state index in [-0.39, 0.29) is 6.61 Å². The molecular formula is C16H13NO3. The molecule has 0 amide bonds. The van der Waals surface area contributed by atoms with Gasteiger partial charge in [0.25, 0.3) is 0 Å². The third-order valence-electron chi connectivity index (χ3n) is 2.78. The largest absolute Gasteiger partial charge is 0.489 e. The number of hydrogen-bond donors (Lipinski definition) is 0. The maximum absolute atomic E-state index is 11.6. The van der Waals surface area contributed by atoms with E-state index in [1.165, 1.54) is 7.11 Å². The van der Waals surface area contributed by atoms with Crippen LogP contribution in [0.5, 0.6) is 5.75 Å². The molecule has 0 N–H and O–H groups in total. The third kappa shape index (κ3) is 3.15. The van der Waals surface area contributed by atoms with Crippen molar-refractivity contribution >= 4 is 5.97 Å². The number of benzene rings is 2. The summed E-state index contributed by atoms with van der Waals surface area (Å²) in [4.78, 5) is 11.6. The van der Waals surface area contributed by atoms with Gasteiger partial charge in [0.1, 0.15) is 12.4 Å². The quantitative estimate of drug-likeness (QED) is 0.799. The molecule has 0 saturated carbocycles. The lowest BCUT2D eigenvalue weighted by Gasteiger charge is -2.09. The SMILES string of the molecule is COC(=O)c1ccccc1COc1cccc(C#N)c1. The number of ether oxygens (including phenoxy) is 2. The lowest BCUT2D eigenvalue weighted by molar-refractivity contribution is 0.0597. The van der Waals surface area contributed by atoms with Crippen LogP contribution in [0.1, 0.15) is 21.5 Å². The highest BCUT2D eigenvalue weighted by Crippen LogP contribution is 2.17. The van der Waals surface area contributed by atoms with Crippen molar-refractivity contribution in [3.05, 3.63) is 65.2 Å². The molecular weight excluding hydrogens is 254 g/mol. The second-order valence-corrected chi connectivity index (χ2v) is 4.08. The fourth-order valence-electron chi connectivity index (χ4n) is 1.77. The van der Waals surface area contributed by atoms with Crippen molar-refractivity contribution in [1.29, 1.82) is 5.26 Å². The van der Waals surface area contributed by atoms with Gasteiger partial charge in [0, 0.05) is 5.56 Å². The van der Waals surface area contributed by atoms with E-state index >= 15 is 0 Å². The molecule has 0 atom stereocenters. The minimum atomic E-state index is -0.394. The van der Waals surface area contributed by atoms with Crippen LogP contribution >= 0.6 is 0 Å². The minimum Gasteiger partial charge on any atom is -0.489 e. The number of methoxy groups -OCH3 is 1. The first-order valence-electron chi connectivity index (χ1n) is 6.04. The number of nitriles is 1. The third-order valence-corrected chi connectivity index (χ3v) is 2.78. The van der Waals surface area contributed by atoms with Gasteiger partial charge in [-0.25, -0.2) is 4.79 Å². The van der Waals surface area contributed by atoms with Crippen molar-refractivity contribution in [3.8, 4) is 11.8 Å². The van der Waals surface area contributed by atoms with E-state index < -0.39 is 5.97 Å². The number of hydrogen-bond acceptors (Lipinski definition) is 4. The molecule has 0 spiro atoms. The molecule has 4 heteroatoms. The summed E-state index contributed by atoms with van der Waals surface area (Å²) in [5.41, 5.74) is 1.75. The minimum absolute atomic E-state index is 0.236. The van der Waals surface area contributed by atoms with Crippen LogP contribution in [0.2, 0.25) is 0 Å². The summed E-state index contributed by atoms with van der Waals surface area (Å²) >= 11 is 0. The van der Waals surface area contributed by atoms with E-state index in [9.17, 15) is 4.79 Å². The monoisotopic (exact) mass is 267 g/mol. The topological polar surface area (TPSA) is 59.3 Å². The summed E-state index contributed by atoms with van der Waals surface area (Å²) in [6.07, 6.45) is 0. The Morgan fingerprint density at radius 3 is 2.75 bits per heavy atom. The maximum atomic E-state index is 11.6. The van der Waals surface area contributed by atoms with E-state index in [0.717, 1.165) is 5.56 Å². The van der Waals surface area contributed by atoms with E-state index in [0.29, 0.717) is 16.9 Å². The van der Waals surface area contributed by atoms with Gasteiger partial charge >= 0.3 is 5.97 Å². The summed E-state index contributed by atoms with van der Waals surface area (Å²) in [7, 11) is 1.34. The van der Waals surface area contributed by atoms with Crippen LogP contribution in [0, 0.1) is 11.3 Å². The van der Waals surface area contributed by atoms with Crippen molar-refractivity contribution < 1.29 is 14.3 Å². The maximum Gasteiger partial charge on any atom is 0.338 e. The molecule has 0 radical (unpaired) electrons. The fourth-order valence-corrected chi connectivity index (χ4v) is 1.77. The van der Waals surface area contributed by atoms with Gasteiger partial charge in [-0.2, -0.15) is 5.26 Å². The zero-order valence-corrected chi connectivity index (χ0v) is 11.0. The Kier molecular flexibility index (Phi) is 4.35. The molecule has 0 fully saturated rings. The zero-order valence-electron chi connectivity index (χ0n) is 11.0. The van der Waals surface area contributed by atoms with E-state index in [4.69, 9.17) is 14.7 Å². The zero-order chi connectivity index (χ0) is 14.4. The summed E-state index contributed by atoms with van der Waals surface area (Å²) < 4.78 is 10.3. The number of carbonyl (C=O) groups excluding carboxylic acids is 1. The normalized spacial score (nSPS) is 9.60. The van der Waals surface area contributed by atoms with Crippen molar-refractivity contribution in [2.75, 3.05) is 7.11 Å². The van der Waals surface area contributed by atoms with Gasteiger partial charge in [0.2, 0.25) is 0 Å². The van der Waals surface area contributed by atoms with Crippen molar-refractivity contribution in [2.45, 2.75) is 6.61 Å². The standard InChI is InChI=1S/C16H13NO3/c1-19-16(18)15-8-3-2-6-13(15)11-20-14-7-4-5-12(9-14)10-17/h2-9H,11H2,1H3. The molecule has 0 aliphatic heterocycles. The highest BCUT2D eigenvalue weighted by Gasteiger charge is 2.11. The number of esters is 1. The molecule has 0 bridgehead atoms. The summed E-state index contributed by atoms with van der Waals surface area (Å²) in [6, 6.07) is 16.0. The van der Waals surface area contributed by atoms with Crippen LogP contribution < -0.4 is 4.74 Å². The highest BCUT2D eigenvalue weighted by atomic mass is 16.5. The Morgan fingerprint density at radius 1 is 1.20 bits per heavy atom. The molecule has 20 heavy (non-hydrogen) atoms. The molecule has 2 aromatic rings. The second kappa shape index (κ2) is 6.39. The first-order valence-corrected chi connectivity index (χ1v) is 6.04. The van der Waals surface area contributed by atoms with Crippen LogP contribution in [-0.4, -0.2) is 13.1 Å². The molecule has 2 aromatic carbocycles. The summed E-state index contributed by atoms with van der Waals surface area (Å²) in [6.45, 7) is 0.236. The summed E-state index contributed by atoms with van der Waals surface area (Å²) in [5, 5.41) is 8.83. The predicted octanol–water partition coefficient (Wildman–Crippen LogP) is 2.92. The number of rotatable bonds is 4. The van der Waals surface area contributed by atoms with Crippen LogP contribution in [0.4, 0.5) is 0 Å². The molecule has 0 aliphatic carbocycles. The molecule has 0 aliphatic rings. The van der Waals surface area contributed by atoms with Gasteiger partial charge in [-0.15, -0.1) is 0 Å². The van der Waals surface area contributed by atoms with Crippen LogP contribution in [0.25, 0.3) is 0 Å². The molecule has 0 heterocycles. The molecule has 100 valence electrons. The van der Waals surface area contributed by atoms with Gasteiger partial charge in [0.05, 0.1) is 24.3 Å². The first-order chi connectivity index (χ1) is 9.74. The predicted molar refractivity (Wildman–Crippen MR) is 73.3 cm³/mol. The van der Waals surface area contributed by atoms with Crippen LogP contribution in [0.15, 0.2) is 48.5 Å². The van der Waals surface area contributed by atoms with Crippen LogP contribution in [-0.2, 0) is 11.3 Å². The molecule has 0 aromatic heterocycles. The van der Waals surface area contributed by atoms with Gasteiger partial charge in [-0.3, -0.25) is 0 Å². The van der Waals surface area contributed by atoms with Gasteiger partial charge in [-0.1, -0.05) is 24.3 Å². The van der Waals surface area contributed by atoms with E-state index in [1.807, 2.05) is 6.07 Å². The molecule has 0 unspecified atom stereocenters. The lowest BCUT2D eigenvalue weighted by atomic mass is 10.1. The second-order valence-electron chi connectivity index (χ2n) is 4.08. The highest BCUT2D eigenvalue weighted by molar-refractivity contribution is 5.90. The molecule has 0 saturated heterocycles. The first kappa shape index (κ1) is 13.6. The smallest absolute Gasteiger partial charge is 0.338 e. The Hall–Kier alpha value is -2.80. The van der Waals surface area contributed by atoms with E-state index in [2.05, 4.69) is 6.07 Å².